The first kappa shape index (κ1) is 23.8. The zero-order valence-electron chi connectivity index (χ0n) is 17.3. The lowest BCUT2D eigenvalue weighted by molar-refractivity contribution is -0.385. The minimum atomic E-state index is -4.86. The number of anilines is 1. The maximum Gasteiger partial charge on any atom is 0.418 e. The third-order valence-corrected chi connectivity index (χ3v) is 5.21. The Balaban J connectivity index is 1.98. The predicted octanol–water partition coefficient (Wildman–Crippen LogP) is 2.64. The summed E-state index contributed by atoms with van der Waals surface area (Å²) in [5.41, 5.74) is 2.95. The third-order valence-electron chi connectivity index (χ3n) is 5.21. The minimum Gasteiger partial charge on any atom is -0.446 e. The second kappa shape index (κ2) is 9.34. The Hall–Kier alpha value is -3.84. The Bertz CT molecular complexity index is 1060. The van der Waals surface area contributed by atoms with Crippen LogP contribution in [0.2, 0.25) is 0 Å². The number of alkyl halides is 3. The molecule has 2 heterocycles. The van der Waals surface area contributed by atoms with Crippen LogP contribution in [0.3, 0.4) is 0 Å². The van der Waals surface area contributed by atoms with Crippen molar-refractivity contribution in [3.8, 4) is 0 Å². The predicted molar refractivity (Wildman–Crippen MR) is 107 cm³/mol. The third kappa shape index (κ3) is 5.51. The van der Waals surface area contributed by atoms with Crippen molar-refractivity contribution >= 4 is 23.4 Å². The van der Waals surface area contributed by atoms with E-state index in [1.807, 2.05) is 0 Å². The molecule has 2 amide bonds. The van der Waals surface area contributed by atoms with Crippen molar-refractivity contribution in [1.29, 1.82) is 0 Å². The van der Waals surface area contributed by atoms with Crippen LogP contribution < -0.4 is 16.0 Å². The molecule has 11 nitrogen and oxygen atoms in total. The van der Waals surface area contributed by atoms with Crippen LogP contribution in [0.15, 0.2) is 28.8 Å². The summed E-state index contributed by atoms with van der Waals surface area (Å²) in [5, 5.41) is 17.0. The quantitative estimate of drug-likeness (QED) is 0.481. The number of nitrogens with one attached hydrogen (secondary N) is 1. The number of halogens is 3. The number of nitro groups is 1. The number of nitro benzene ring substituents is 1. The fourth-order valence-electron chi connectivity index (χ4n) is 3.79. The molecule has 0 radical (unpaired) electrons. The smallest absolute Gasteiger partial charge is 0.418 e. The number of nitrogens with two attached hydrogens (primary N) is 1. The molecule has 2 unspecified atom stereocenters. The van der Waals surface area contributed by atoms with Crippen LogP contribution in [0.5, 0.6) is 0 Å². The lowest BCUT2D eigenvalue weighted by Crippen LogP contribution is -2.47. The molecule has 1 aromatic heterocycles. The molecule has 0 spiro atoms. The van der Waals surface area contributed by atoms with Gasteiger partial charge in [-0.25, -0.2) is 4.79 Å². The van der Waals surface area contributed by atoms with Gasteiger partial charge in [-0.15, -0.1) is 0 Å². The molecule has 2 aromatic rings. The van der Waals surface area contributed by atoms with E-state index in [4.69, 9.17) is 15.0 Å². The van der Waals surface area contributed by atoms with Crippen molar-refractivity contribution in [2.45, 2.75) is 37.6 Å². The van der Waals surface area contributed by atoms with Crippen LogP contribution in [-0.4, -0.2) is 47.8 Å². The highest BCUT2D eigenvalue weighted by molar-refractivity contribution is 5.91. The Morgan fingerprint density at radius 2 is 2.12 bits per heavy atom. The van der Waals surface area contributed by atoms with Crippen molar-refractivity contribution in [3.05, 3.63) is 51.4 Å². The number of carbonyl (C=O) groups is 2. The number of hydrogen-bond donors (Lipinski definition) is 2. The van der Waals surface area contributed by atoms with Crippen LogP contribution in [0.4, 0.5) is 29.3 Å². The van der Waals surface area contributed by atoms with E-state index in [0.717, 1.165) is 12.1 Å². The van der Waals surface area contributed by atoms with Crippen LogP contribution in [-0.2, 0) is 17.3 Å². The van der Waals surface area contributed by atoms with E-state index in [-0.39, 0.29) is 42.9 Å². The van der Waals surface area contributed by atoms with Gasteiger partial charge in [-0.2, -0.15) is 13.2 Å². The number of amides is 2. The van der Waals surface area contributed by atoms with E-state index in [0.29, 0.717) is 6.07 Å². The maximum absolute atomic E-state index is 13.8. The second-order valence-electron chi connectivity index (χ2n) is 7.35. The fraction of sp³-hybridized carbons (Fsp3) is 0.421. The summed E-state index contributed by atoms with van der Waals surface area (Å²) in [4.78, 5) is 34.4. The van der Waals surface area contributed by atoms with E-state index in [1.165, 1.54) is 18.0 Å². The molecular weight excluding hydrogens is 451 g/mol. The number of aromatic nitrogens is 1. The van der Waals surface area contributed by atoms with Gasteiger partial charge in [0, 0.05) is 62.8 Å². The van der Waals surface area contributed by atoms with Crippen LogP contribution >= 0.6 is 0 Å². The van der Waals surface area contributed by atoms with E-state index in [1.54, 1.807) is 0 Å². The average molecular weight is 471 g/mol. The normalized spacial score (nSPS) is 18.6. The lowest BCUT2D eigenvalue weighted by Gasteiger charge is -2.41. The van der Waals surface area contributed by atoms with Crippen molar-refractivity contribution < 1.29 is 36.9 Å². The van der Waals surface area contributed by atoms with Crippen LogP contribution in [0, 0.1) is 10.1 Å². The van der Waals surface area contributed by atoms with Gasteiger partial charge < -0.3 is 25.2 Å². The van der Waals surface area contributed by atoms with E-state index in [9.17, 15) is 32.9 Å². The van der Waals surface area contributed by atoms with Gasteiger partial charge in [-0.3, -0.25) is 14.9 Å². The molecule has 1 saturated heterocycles. The van der Waals surface area contributed by atoms with E-state index in [2.05, 4.69) is 10.5 Å². The Kier molecular flexibility index (Phi) is 6.74. The molecule has 1 fully saturated rings. The number of rotatable bonds is 6. The van der Waals surface area contributed by atoms with Crippen molar-refractivity contribution in [2.75, 3.05) is 18.5 Å². The standard InChI is InChI=1S/C19H20F3N5O6/c1-24-17(28)15-9-13(33-25-15)7-11-6-12(32-18(23)29)4-5-26(11)16-3-2-10(27(30)31)8-14(16)19(20,21)22/h2-3,8-9,11-12H,4-7H2,1H3,(H2,23,29)(H,24,28). The van der Waals surface area contributed by atoms with Crippen molar-refractivity contribution in [1.82, 2.24) is 10.5 Å². The second-order valence-corrected chi connectivity index (χ2v) is 7.35. The Morgan fingerprint density at radius 3 is 2.73 bits per heavy atom. The van der Waals surface area contributed by atoms with Gasteiger partial charge in [0.05, 0.1) is 10.5 Å². The largest absolute Gasteiger partial charge is 0.446 e. The maximum atomic E-state index is 13.8. The number of carbonyl (C=O) groups excluding carboxylic acids is 2. The number of hydrogen-bond acceptors (Lipinski definition) is 8. The molecule has 33 heavy (non-hydrogen) atoms. The summed E-state index contributed by atoms with van der Waals surface area (Å²) in [6.07, 6.45) is -6.21. The van der Waals surface area contributed by atoms with Crippen LogP contribution in [0.1, 0.15) is 34.7 Å². The van der Waals surface area contributed by atoms with Crippen molar-refractivity contribution in [2.24, 2.45) is 5.73 Å². The zero-order valence-corrected chi connectivity index (χ0v) is 17.3. The summed E-state index contributed by atoms with van der Waals surface area (Å²) in [7, 11) is 1.40. The molecule has 1 aliphatic heterocycles. The first-order valence-electron chi connectivity index (χ1n) is 9.75. The van der Waals surface area contributed by atoms with Gasteiger partial charge in [-0.05, 0) is 6.07 Å². The van der Waals surface area contributed by atoms with Gasteiger partial charge in [0.1, 0.15) is 11.9 Å². The molecule has 0 bridgehead atoms. The zero-order chi connectivity index (χ0) is 24.3. The summed E-state index contributed by atoms with van der Waals surface area (Å²) in [6, 6.07) is 3.19. The number of benzene rings is 1. The number of piperidine rings is 1. The summed E-state index contributed by atoms with van der Waals surface area (Å²) >= 11 is 0. The average Bonchev–Trinajstić information content (AvgIpc) is 3.20. The minimum absolute atomic E-state index is 0.00823. The molecular formula is C19H20F3N5O6. The van der Waals surface area contributed by atoms with Crippen LogP contribution in [0.25, 0.3) is 0 Å². The Labute approximate surface area is 184 Å². The summed E-state index contributed by atoms with van der Waals surface area (Å²) in [6.45, 7) is 0.0416. The molecule has 3 N–H and O–H groups in total. The highest BCUT2D eigenvalue weighted by Gasteiger charge is 2.40. The number of nitrogens with zero attached hydrogens (tertiary/aromatic N) is 3. The SMILES string of the molecule is CNC(=O)c1cc(CC2CC(OC(N)=O)CCN2c2ccc([N+](=O)[O-])cc2C(F)(F)F)on1. The fourth-order valence-corrected chi connectivity index (χ4v) is 3.79. The first-order valence-corrected chi connectivity index (χ1v) is 9.75. The molecule has 1 aliphatic rings. The van der Waals surface area contributed by atoms with Gasteiger partial charge in [0.15, 0.2) is 5.69 Å². The van der Waals surface area contributed by atoms with E-state index >= 15 is 0 Å². The number of non-ortho nitro benzene ring substituents is 1. The van der Waals surface area contributed by atoms with E-state index < -0.39 is 46.5 Å². The van der Waals surface area contributed by atoms with Gasteiger partial charge in [0.25, 0.3) is 11.6 Å². The lowest BCUT2D eigenvalue weighted by atomic mass is 9.94. The highest BCUT2D eigenvalue weighted by Crippen LogP contribution is 2.41. The van der Waals surface area contributed by atoms with Crippen molar-refractivity contribution in [3.63, 3.8) is 0 Å². The molecule has 0 saturated carbocycles. The monoisotopic (exact) mass is 471 g/mol. The molecule has 14 heteroatoms. The number of ether oxygens (including phenoxy) is 1. The summed E-state index contributed by atoms with van der Waals surface area (Å²) < 4.78 is 51.5. The van der Waals surface area contributed by atoms with Gasteiger partial charge >= 0.3 is 12.3 Å². The molecule has 0 aliphatic carbocycles. The first-order chi connectivity index (χ1) is 15.5. The molecule has 3 rings (SSSR count). The Morgan fingerprint density at radius 1 is 1.39 bits per heavy atom. The highest BCUT2D eigenvalue weighted by atomic mass is 19.4. The van der Waals surface area contributed by atoms with Gasteiger partial charge in [0.2, 0.25) is 0 Å². The molecule has 1 aromatic carbocycles. The topological polar surface area (TPSA) is 154 Å². The summed E-state index contributed by atoms with van der Waals surface area (Å²) in [5.74, 6) is -0.283. The van der Waals surface area contributed by atoms with Gasteiger partial charge in [-0.1, -0.05) is 5.16 Å². The molecule has 178 valence electrons. The molecule has 2 atom stereocenters. The number of primary amides is 1.